The number of hydrogen-bond acceptors (Lipinski definition) is 5. The minimum atomic E-state index is -0.421. The van der Waals surface area contributed by atoms with Gasteiger partial charge in [0.15, 0.2) is 5.82 Å². The summed E-state index contributed by atoms with van der Waals surface area (Å²) in [6.45, 7) is 6.56. The number of aromatic amines is 1. The highest BCUT2D eigenvalue weighted by Crippen LogP contribution is 2.39. The lowest BCUT2D eigenvalue weighted by Gasteiger charge is -2.17. The molecule has 0 aliphatic heterocycles. The second kappa shape index (κ2) is 9.54. The number of aryl methyl sites for hydroxylation is 2. The van der Waals surface area contributed by atoms with Crippen molar-refractivity contribution >= 4 is 10.9 Å². The van der Waals surface area contributed by atoms with Crippen molar-refractivity contribution in [2.24, 2.45) is 7.05 Å². The molecule has 5 rings (SSSR count). The fraction of sp³-hybridized carbons (Fsp3) is 0.241. The second-order valence-corrected chi connectivity index (χ2v) is 9.42. The summed E-state index contributed by atoms with van der Waals surface area (Å²) in [5, 5.41) is 29.2. The molecule has 1 atom stereocenters. The number of H-pyrrole nitrogens is 1. The Kier molecular flexibility index (Phi) is 6.25. The number of nitrogens with zero attached hydrogens (tertiary/aromatic N) is 3. The van der Waals surface area contributed by atoms with E-state index < -0.39 is 5.69 Å². The average molecular weight is 499 g/mol. The third-order valence-corrected chi connectivity index (χ3v) is 6.81. The lowest BCUT2D eigenvalue weighted by molar-refractivity contribution is 0.337. The molecule has 3 aromatic carbocycles. The molecule has 0 saturated carbocycles. The van der Waals surface area contributed by atoms with Gasteiger partial charge in [0.2, 0.25) is 0 Å². The molecular weight excluding hydrogens is 468 g/mol. The molecule has 190 valence electrons. The number of fused-ring (bicyclic) bond motifs is 1. The molecule has 8 nitrogen and oxygen atoms in total. The van der Waals surface area contributed by atoms with Crippen molar-refractivity contribution < 1.29 is 14.9 Å². The second-order valence-electron chi connectivity index (χ2n) is 9.42. The molecule has 0 radical (unpaired) electrons. The predicted octanol–water partition coefficient (Wildman–Crippen LogP) is 5.18. The Balaban J connectivity index is 1.54. The molecule has 1 unspecified atom stereocenters. The van der Waals surface area contributed by atoms with Crippen LogP contribution in [0.2, 0.25) is 0 Å². The molecule has 3 N–H and O–H groups in total. The molecule has 0 bridgehead atoms. The van der Waals surface area contributed by atoms with Crippen LogP contribution in [-0.4, -0.2) is 36.2 Å². The van der Waals surface area contributed by atoms with E-state index in [0.29, 0.717) is 29.8 Å². The van der Waals surface area contributed by atoms with E-state index in [-0.39, 0.29) is 23.2 Å². The number of rotatable bonds is 7. The summed E-state index contributed by atoms with van der Waals surface area (Å²) in [4.78, 5) is 12.8. The lowest BCUT2D eigenvalue weighted by atomic mass is 9.91. The van der Waals surface area contributed by atoms with E-state index in [1.165, 1.54) is 10.6 Å². The fourth-order valence-corrected chi connectivity index (χ4v) is 4.84. The normalized spacial score (nSPS) is 12.2. The minimum absolute atomic E-state index is 0.0129. The summed E-state index contributed by atoms with van der Waals surface area (Å²) >= 11 is 0. The van der Waals surface area contributed by atoms with Crippen LogP contribution >= 0.6 is 0 Å². The smallest absolute Gasteiger partial charge is 0.348 e. The Morgan fingerprint density at radius 3 is 2.65 bits per heavy atom. The summed E-state index contributed by atoms with van der Waals surface area (Å²) in [7, 11) is 1.96. The number of aromatic nitrogens is 4. The van der Waals surface area contributed by atoms with Crippen LogP contribution in [0.1, 0.15) is 36.5 Å². The molecule has 2 heterocycles. The highest BCUT2D eigenvalue weighted by molar-refractivity contribution is 5.82. The quantitative estimate of drug-likeness (QED) is 0.287. The first-order valence-corrected chi connectivity index (χ1v) is 12.3. The zero-order valence-corrected chi connectivity index (χ0v) is 21.3. The SMILES string of the molecule is CCOc1cc(CC(C)c2cc(-c3n[nH]c(=O)n3-c3ccc4c(ccn4C)c3)c(O)cc2O)ccc1C. The topological polar surface area (TPSA) is 105 Å². The zero-order chi connectivity index (χ0) is 26.3. The molecule has 0 saturated heterocycles. The Morgan fingerprint density at radius 1 is 1.05 bits per heavy atom. The van der Waals surface area contributed by atoms with Crippen LogP contribution in [0.25, 0.3) is 28.0 Å². The fourth-order valence-electron chi connectivity index (χ4n) is 4.84. The van der Waals surface area contributed by atoms with Crippen molar-refractivity contribution in [1.82, 2.24) is 19.3 Å². The van der Waals surface area contributed by atoms with Crippen molar-refractivity contribution in [3.63, 3.8) is 0 Å². The molecule has 5 aromatic rings. The van der Waals surface area contributed by atoms with Crippen molar-refractivity contribution in [2.45, 2.75) is 33.1 Å². The number of benzene rings is 3. The predicted molar refractivity (Wildman–Crippen MR) is 144 cm³/mol. The summed E-state index contributed by atoms with van der Waals surface area (Å²) in [5.74, 6) is 0.847. The van der Waals surface area contributed by atoms with Crippen LogP contribution in [-0.2, 0) is 13.5 Å². The van der Waals surface area contributed by atoms with Crippen LogP contribution in [0.15, 0.2) is 65.6 Å². The molecular formula is C29H30N4O4. The van der Waals surface area contributed by atoms with Crippen molar-refractivity contribution in [2.75, 3.05) is 6.61 Å². The third kappa shape index (κ3) is 4.46. The molecule has 0 fully saturated rings. The van der Waals surface area contributed by atoms with Gasteiger partial charge in [-0.2, -0.15) is 5.10 Å². The average Bonchev–Trinajstić information content (AvgIpc) is 3.43. The molecule has 0 aliphatic carbocycles. The van der Waals surface area contributed by atoms with Crippen molar-refractivity contribution in [3.8, 4) is 34.3 Å². The van der Waals surface area contributed by atoms with Crippen molar-refractivity contribution in [3.05, 3.63) is 88.0 Å². The number of hydrogen-bond donors (Lipinski definition) is 3. The van der Waals surface area contributed by atoms with Gasteiger partial charge in [-0.05, 0) is 79.3 Å². The van der Waals surface area contributed by atoms with E-state index in [9.17, 15) is 15.0 Å². The van der Waals surface area contributed by atoms with E-state index in [1.54, 1.807) is 6.07 Å². The van der Waals surface area contributed by atoms with Crippen LogP contribution in [0.3, 0.4) is 0 Å². The van der Waals surface area contributed by atoms with E-state index >= 15 is 0 Å². The Labute approximate surface area is 214 Å². The number of aromatic hydroxyl groups is 2. The maximum absolute atomic E-state index is 12.8. The Hall–Kier alpha value is -4.46. The molecule has 0 aliphatic rings. The molecule has 0 amide bonds. The number of phenolic OH excluding ortho intramolecular Hbond substituents is 2. The molecule has 37 heavy (non-hydrogen) atoms. The summed E-state index contributed by atoms with van der Waals surface area (Å²) in [6.07, 6.45) is 2.61. The number of ether oxygens (including phenoxy) is 1. The molecule has 8 heteroatoms. The van der Waals surface area contributed by atoms with Gasteiger partial charge in [0.1, 0.15) is 17.2 Å². The standard InChI is InChI=1S/C29H30N4O4/c1-5-37-27-13-19(7-6-17(27)2)12-18(3)22-15-23(26(35)16-25(22)34)28-30-31-29(36)33(28)21-8-9-24-20(14-21)10-11-32(24)4/h6-11,13-16,18,34-35H,5,12H2,1-4H3,(H,31,36). The Morgan fingerprint density at radius 2 is 1.86 bits per heavy atom. The minimum Gasteiger partial charge on any atom is -0.508 e. The lowest BCUT2D eigenvalue weighted by Crippen LogP contribution is -2.15. The van der Waals surface area contributed by atoms with Crippen LogP contribution in [0, 0.1) is 6.92 Å². The van der Waals surface area contributed by atoms with Gasteiger partial charge in [0, 0.05) is 30.2 Å². The van der Waals surface area contributed by atoms with Gasteiger partial charge in [-0.15, -0.1) is 0 Å². The highest BCUT2D eigenvalue weighted by Gasteiger charge is 2.21. The monoisotopic (exact) mass is 498 g/mol. The van der Waals surface area contributed by atoms with Crippen molar-refractivity contribution in [1.29, 1.82) is 0 Å². The maximum Gasteiger partial charge on any atom is 0.348 e. The number of phenols is 2. The van der Waals surface area contributed by atoms with E-state index in [2.05, 4.69) is 16.3 Å². The highest BCUT2D eigenvalue weighted by atomic mass is 16.5. The van der Waals surface area contributed by atoms with Gasteiger partial charge >= 0.3 is 5.69 Å². The van der Waals surface area contributed by atoms with E-state index in [4.69, 9.17) is 4.74 Å². The van der Waals surface area contributed by atoms with Crippen LogP contribution in [0.5, 0.6) is 17.2 Å². The third-order valence-electron chi connectivity index (χ3n) is 6.81. The van der Waals surface area contributed by atoms with Gasteiger partial charge in [-0.25, -0.2) is 14.5 Å². The van der Waals surface area contributed by atoms with Gasteiger partial charge in [-0.3, -0.25) is 0 Å². The van der Waals surface area contributed by atoms with E-state index in [0.717, 1.165) is 27.8 Å². The summed E-state index contributed by atoms with van der Waals surface area (Å²) in [5.41, 5.74) is 4.38. The first kappa shape index (κ1) is 24.2. The zero-order valence-electron chi connectivity index (χ0n) is 21.3. The molecule has 2 aromatic heterocycles. The van der Waals surface area contributed by atoms with Gasteiger partial charge in [-0.1, -0.05) is 19.1 Å². The van der Waals surface area contributed by atoms with Crippen LogP contribution in [0.4, 0.5) is 0 Å². The summed E-state index contributed by atoms with van der Waals surface area (Å²) in [6, 6.07) is 16.8. The number of nitrogens with one attached hydrogen (secondary N) is 1. The largest absolute Gasteiger partial charge is 0.508 e. The van der Waals surface area contributed by atoms with Crippen LogP contribution < -0.4 is 10.4 Å². The maximum atomic E-state index is 12.8. The summed E-state index contributed by atoms with van der Waals surface area (Å²) < 4.78 is 9.17. The first-order chi connectivity index (χ1) is 17.8. The first-order valence-electron chi connectivity index (χ1n) is 12.3. The Bertz CT molecular complexity index is 1660. The van der Waals surface area contributed by atoms with Gasteiger partial charge in [0.05, 0.1) is 17.9 Å². The van der Waals surface area contributed by atoms with Gasteiger partial charge in [0.25, 0.3) is 0 Å². The van der Waals surface area contributed by atoms with E-state index in [1.807, 2.05) is 75.0 Å². The van der Waals surface area contributed by atoms with Gasteiger partial charge < -0.3 is 19.5 Å². The molecule has 0 spiro atoms.